The lowest BCUT2D eigenvalue weighted by molar-refractivity contribution is -0.192. The Morgan fingerprint density at radius 1 is 0.714 bits per heavy atom. The van der Waals surface area contributed by atoms with Crippen LogP contribution in [-0.2, 0) is 76.3 Å². The molecule has 3 aliphatic rings. The number of hydrogen-bond acceptors (Lipinski definition) is 18. The van der Waals surface area contributed by atoms with Crippen LogP contribution in [0, 0.1) is 0 Å². The van der Waals surface area contributed by atoms with Crippen molar-refractivity contribution in [1.82, 2.24) is 4.90 Å². The second kappa shape index (κ2) is 15.4. The van der Waals surface area contributed by atoms with E-state index in [0.717, 1.165) is 60.3 Å². The van der Waals surface area contributed by atoms with Crippen LogP contribution in [0.15, 0.2) is 16.6 Å². The number of fused-ring (bicyclic) bond motifs is 1. The zero-order chi connectivity index (χ0) is 37.0. The monoisotopic (exact) mass is 698 g/mol. The van der Waals surface area contributed by atoms with Crippen LogP contribution in [0.4, 0.5) is 0 Å². The topological polar surface area (TPSA) is 246 Å². The molecule has 1 aliphatic heterocycles. The molecule has 1 amide bonds. The zero-order valence-corrected chi connectivity index (χ0v) is 28.0. The first-order valence-electron chi connectivity index (χ1n) is 14.9. The van der Waals surface area contributed by atoms with E-state index in [0.29, 0.717) is 0 Å². The minimum absolute atomic E-state index is 0.0426. The quantitative estimate of drug-likeness (QED) is 0.160. The summed E-state index contributed by atoms with van der Waals surface area (Å²) in [6.07, 6.45) is -8.02. The Morgan fingerprint density at radius 2 is 1.22 bits per heavy atom. The summed E-state index contributed by atoms with van der Waals surface area (Å²) in [5, 5.41) is 12.0. The molecular weight excluding hydrogens is 660 g/mol. The summed E-state index contributed by atoms with van der Waals surface area (Å²) < 4.78 is 43.2. The van der Waals surface area contributed by atoms with Gasteiger partial charge >= 0.3 is 41.8 Å². The Bertz CT molecular complexity index is 1460. The van der Waals surface area contributed by atoms with Crippen LogP contribution in [0.5, 0.6) is 0 Å². The van der Waals surface area contributed by atoms with Crippen LogP contribution in [0.1, 0.15) is 55.4 Å². The third-order valence-electron chi connectivity index (χ3n) is 7.41. The molecule has 9 atom stereocenters. The number of nitrogens with zero attached hydrogens (tertiary/aromatic N) is 2. The lowest BCUT2D eigenvalue weighted by atomic mass is 9.87. The summed E-state index contributed by atoms with van der Waals surface area (Å²) in [4.78, 5) is 103. The number of aliphatic hydroxyl groups is 1. The predicted octanol–water partition coefficient (Wildman–Crippen LogP) is -1.20. The van der Waals surface area contributed by atoms with Crippen molar-refractivity contribution in [2.45, 2.75) is 110 Å². The average Bonchev–Trinajstić information content (AvgIpc) is 3.42. The highest BCUT2D eigenvalue weighted by Gasteiger charge is 2.71. The average molecular weight is 699 g/mol. The molecule has 19 nitrogen and oxygen atoms in total. The van der Waals surface area contributed by atoms with Crippen molar-refractivity contribution in [1.29, 1.82) is 0 Å². The summed E-state index contributed by atoms with van der Waals surface area (Å²) in [6, 6.07) is -3.52. The largest absolute Gasteiger partial charge is 0.463 e. The molecule has 0 radical (unpaired) electrons. The fourth-order valence-corrected chi connectivity index (χ4v) is 5.88. The van der Waals surface area contributed by atoms with Crippen LogP contribution < -0.4 is 0 Å². The van der Waals surface area contributed by atoms with Gasteiger partial charge in [0.05, 0.1) is 0 Å². The third-order valence-corrected chi connectivity index (χ3v) is 7.41. The second-order valence-electron chi connectivity index (χ2n) is 11.4. The molecule has 0 bridgehead atoms. The van der Waals surface area contributed by atoms with Gasteiger partial charge in [-0.2, -0.15) is 0 Å². The van der Waals surface area contributed by atoms with Gasteiger partial charge in [0.2, 0.25) is 5.91 Å². The zero-order valence-electron chi connectivity index (χ0n) is 28.0. The van der Waals surface area contributed by atoms with Crippen molar-refractivity contribution in [2.75, 3.05) is 13.2 Å². The molecule has 0 aromatic heterocycles. The molecule has 0 unspecified atom stereocenters. The molecule has 2 aliphatic carbocycles. The standard InChI is InChI=1S/C30H38N2O17/c1-12(33)32-27-25(26(47-18(7)39)28(48-19(8)40)30(27,41)11-43-14(3)35)49-29(32)31-21-9-20(10-42-13(2)34)22(44-15(4)36)24(46-17(6)38)23(21)45-16(5)37/h9,21-28,41H,10-11H2,1-8H3/t21-,22+,23-,24-,25+,26+,27+,28-,30-/m0/s1. The number of hydrogen-bond donors (Lipinski definition) is 1. The first-order valence-corrected chi connectivity index (χ1v) is 14.9. The number of rotatable bonds is 10. The number of amidine groups is 1. The Hall–Kier alpha value is -5.07. The predicted molar refractivity (Wildman–Crippen MR) is 156 cm³/mol. The first kappa shape index (κ1) is 38.4. The van der Waals surface area contributed by atoms with Gasteiger partial charge in [0.15, 0.2) is 42.2 Å². The highest BCUT2D eigenvalue weighted by Crippen LogP contribution is 2.45. The van der Waals surface area contributed by atoms with Crippen LogP contribution in [-0.4, -0.2) is 131 Å². The molecule has 1 heterocycles. The fourth-order valence-electron chi connectivity index (χ4n) is 5.88. The number of esters is 7. The van der Waals surface area contributed by atoms with Crippen LogP contribution in [0.2, 0.25) is 0 Å². The van der Waals surface area contributed by atoms with Crippen molar-refractivity contribution in [2.24, 2.45) is 4.99 Å². The Labute approximate surface area is 279 Å². The first-order chi connectivity index (χ1) is 22.8. The Morgan fingerprint density at radius 3 is 1.71 bits per heavy atom. The molecule has 0 spiro atoms. The van der Waals surface area contributed by atoms with Gasteiger partial charge in [-0.25, -0.2) is 4.99 Å². The van der Waals surface area contributed by atoms with Gasteiger partial charge in [-0.15, -0.1) is 0 Å². The third kappa shape index (κ3) is 8.89. The molecule has 0 aromatic rings. The van der Waals surface area contributed by atoms with Crippen LogP contribution in [0.25, 0.3) is 0 Å². The highest BCUT2D eigenvalue weighted by molar-refractivity contribution is 5.96. The van der Waals surface area contributed by atoms with Crippen molar-refractivity contribution in [3.8, 4) is 0 Å². The van der Waals surface area contributed by atoms with E-state index < -0.39 is 121 Å². The molecule has 2 fully saturated rings. The molecule has 1 N–H and O–H groups in total. The molecule has 49 heavy (non-hydrogen) atoms. The normalized spacial score (nSPS) is 30.9. The SMILES string of the molecule is CC(=O)OCC1=C[C@H](N=C2O[C@@H]3[C@@H](OC(C)=O)[C@H](OC(C)=O)[C@](O)(COC(C)=O)[C@@H]3N2C(C)=O)[C@H](OC(C)=O)[C@@H](OC(C)=O)[C@@H]1OC(C)=O. The van der Waals surface area contributed by atoms with Gasteiger partial charge in [0.25, 0.3) is 6.02 Å². The summed E-state index contributed by atoms with van der Waals surface area (Å²) in [5.41, 5.74) is -2.40. The van der Waals surface area contributed by atoms with Crippen LogP contribution >= 0.6 is 0 Å². The van der Waals surface area contributed by atoms with Crippen molar-refractivity contribution >= 4 is 53.7 Å². The maximum atomic E-state index is 13.3. The minimum Gasteiger partial charge on any atom is -0.463 e. The summed E-state index contributed by atoms with van der Waals surface area (Å²) in [5.74, 6) is -6.78. The number of carbonyl (C=O) groups is 8. The smallest absolute Gasteiger partial charge is 0.303 e. The van der Waals surface area contributed by atoms with Gasteiger partial charge in [0, 0.05) is 61.0 Å². The van der Waals surface area contributed by atoms with E-state index in [1.54, 1.807) is 0 Å². The van der Waals surface area contributed by atoms with Gasteiger partial charge in [-0.1, -0.05) is 0 Å². The van der Waals surface area contributed by atoms with E-state index in [2.05, 4.69) is 4.99 Å². The number of amides is 1. The van der Waals surface area contributed by atoms with E-state index in [4.69, 9.17) is 37.9 Å². The Balaban J connectivity index is 2.27. The molecule has 3 rings (SSSR count). The van der Waals surface area contributed by atoms with E-state index in [-0.39, 0.29) is 5.57 Å². The molecule has 19 heteroatoms. The summed E-state index contributed by atoms with van der Waals surface area (Å²) in [7, 11) is 0. The molecule has 270 valence electrons. The number of carbonyl (C=O) groups excluding carboxylic acids is 8. The molecule has 0 aromatic carbocycles. The minimum atomic E-state index is -2.44. The van der Waals surface area contributed by atoms with Crippen molar-refractivity contribution in [3.05, 3.63) is 11.6 Å². The van der Waals surface area contributed by atoms with E-state index in [1.165, 1.54) is 6.08 Å². The highest BCUT2D eigenvalue weighted by atomic mass is 16.6. The van der Waals surface area contributed by atoms with Gasteiger partial charge in [-0.05, 0) is 6.08 Å². The second-order valence-corrected chi connectivity index (χ2v) is 11.4. The lowest BCUT2D eigenvalue weighted by Crippen LogP contribution is -2.60. The Kier molecular flexibility index (Phi) is 12.1. The lowest BCUT2D eigenvalue weighted by Gasteiger charge is -2.39. The molecule has 1 saturated carbocycles. The van der Waals surface area contributed by atoms with Crippen molar-refractivity contribution in [3.63, 3.8) is 0 Å². The number of ether oxygens (including phenoxy) is 8. The van der Waals surface area contributed by atoms with Crippen molar-refractivity contribution < 1.29 is 81.4 Å². The van der Waals surface area contributed by atoms with Gasteiger partial charge < -0.3 is 43.0 Å². The fraction of sp³-hybridized carbons (Fsp3) is 0.633. The maximum Gasteiger partial charge on any atom is 0.303 e. The number of aliphatic imine (C=N–C) groups is 1. The van der Waals surface area contributed by atoms with Crippen LogP contribution in [0.3, 0.4) is 0 Å². The molecule has 1 saturated heterocycles. The maximum absolute atomic E-state index is 13.3. The van der Waals surface area contributed by atoms with E-state index in [1.807, 2.05) is 0 Å². The summed E-state index contributed by atoms with van der Waals surface area (Å²) in [6.45, 7) is 7.07. The molecular formula is C30H38N2O17. The summed E-state index contributed by atoms with van der Waals surface area (Å²) >= 11 is 0. The van der Waals surface area contributed by atoms with E-state index in [9.17, 15) is 43.5 Å². The van der Waals surface area contributed by atoms with Gasteiger partial charge in [-0.3, -0.25) is 43.3 Å². The van der Waals surface area contributed by atoms with E-state index >= 15 is 0 Å². The van der Waals surface area contributed by atoms with Gasteiger partial charge in [0.1, 0.15) is 25.3 Å².